The standard InChI is InChI=1S/C16H24N2O.ClH/c1-11(2)14-6-4-5-12(3)16(14)18-15(19)10-17-9-13-7-8-13;/h4-6,11,13,17H,7-10H2,1-3H3,(H,18,19);1H. The number of anilines is 1. The first-order valence-corrected chi connectivity index (χ1v) is 7.18. The summed E-state index contributed by atoms with van der Waals surface area (Å²) in [5.74, 6) is 1.27. The van der Waals surface area contributed by atoms with Crippen molar-refractivity contribution in [3.05, 3.63) is 29.3 Å². The van der Waals surface area contributed by atoms with E-state index in [1.165, 1.54) is 18.4 Å². The number of benzene rings is 1. The number of carbonyl (C=O) groups is 1. The lowest BCUT2D eigenvalue weighted by atomic mass is 9.98. The van der Waals surface area contributed by atoms with E-state index in [4.69, 9.17) is 0 Å². The lowest BCUT2D eigenvalue weighted by Crippen LogP contribution is -2.30. The van der Waals surface area contributed by atoms with Crippen LogP contribution in [0.5, 0.6) is 0 Å². The maximum atomic E-state index is 12.0. The third-order valence-corrected chi connectivity index (χ3v) is 3.61. The summed E-state index contributed by atoms with van der Waals surface area (Å²) in [6.45, 7) is 7.71. The van der Waals surface area contributed by atoms with Gasteiger partial charge in [0.05, 0.1) is 6.54 Å². The molecule has 3 nitrogen and oxygen atoms in total. The van der Waals surface area contributed by atoms with Crippen LogP contribution < -0.4 is 10.6 Å². The monoisotopic (exact) mass is 296 g/mol. The highest BCUT2D eigenvalue weighted by Crippen LogP contribution is 2.28. The van der Waals surface area contributed by atoms with Crippen LogP contribution >= 0.6 is 12.4 Å². The van der Waals surface area contributed by atoms with Crippen molar-refractivity contribution in [3.63, 3.8) is 0 Å². The van der Waals surface area contributed by atoms with Crippen LogP contribution in [0.15, 0.2) is 18.2 Å². The number of rotatable bonds is 6. The molecule has 1 amide bonds. The van der Waals surface area contributed by atoms with E-state index in [0.717, 1.165) is 23.7 Å². The molecule has 1 aromatic rings. The first-order valence-electron chi connectivity index (χ1n) is 7.18. The van der Waals surface area contributed by atoms with Gasteiger partial charge < -0.3 is 10.6 Å². The fourth-order valence-electron chi connectivity index (χ4n) is 2.24. The summed E-state index contributed by atoms with van der Waals surface area (Å²) >= 11 is 0. The van der Waals surface area contributed by atoms with E-state index in [2.05, 4.69) is 30.5 Å². The van der Waals surface area contributed by atoms with Gasteiger partial charge in [-0.3, -0.25) is 4.79 Å². The smallest absolute Gasteiger partial charge is 0.238 e. The van der Waals surface area contributed by atoms with Gasteiger partial charge in [0.25, 0.3) is 0 Å². The van der Waals surface area contributed by atoms with Gasteiger partial charge in [-0.1, -0.05) is 32.0 Å². The fourth-order valence-corrected chi connectivity index (χ4v) is 2.24. The topological polar surface area (TPSA) is 41.1 Å². The van der Waals surface area contributed by atoms with Gasteiger partial charge in [0.1, 0.15) is 0 Å². The van der Waals surface area contributed by atoms with E-state index in [0.29, 0.717) is 12.5 Å². The van der Waals surface area contributed by atoms with Crippen molar-refractivity contribution < 1.29 is 4.79 Å². The van der Waals surface area contributed by atoms with Gasteiger partial charge >= 0.3 is 0 Å². The second-order valence-corrected chi connectivity index (χ2v) is 5.82. The Hall–Kier alpha value is -1.06. The van der Waals surface area contributed by atoms with Gasteiger partial charge in [-0.05, 0) is 49.3 Å². The van der Waals surface area contributed by atoms with Crippen molar-refractivity contribution in [3.8, 4) is 0 Å². The van der Waals surface area contributed by atoms with Crippen LogP contribution in [0.3, 0.4) is 0 Å². The molecule has 4 heteroatoms. The summed E-state index contributed by atoms with van der Waals surface area (Å²) in [4.78, 5) is 12.0. The van der Waals surface area contributed by atoms with Crippen molar-refractivity contribution in [1.29, 1.82) is 0 Å². The average molecular weight is 297 g/mol. The fraction of sp³-hybridized carbons (Fsp3) is 0.562. The lowest BCUT2D eigenvalue weighted by Gasteiger charge is -2.16. The van der Waals surface area contributed by atoms with Gasteiger partial charge in [-0.15, -0.1) is 12.4 Å². The van der Waals surface area contributed by atoms with E-state index in [1.807, 2.05) is 19.1 Å². The molecule has 0 saturated heterocycles. The zero-order valence-electron chi connectivity index (χ0n) is 12.5. The third kappa shape index (κ3) is 4.80. The first-order chi connectivity index (χ1) is 9.08. The first kappa shape index (κ1) is 17.0. The van der Waals surface area contributed by atoms with Crippen LogP contribution in [0.4, 0.5) is 5.69 Å². The second kappa shape index (κ2) is 7.65. The summed E-state index contributed by atoms with van der Waals surface area (Å²) in [5.41, 5.74) is 3.31. The van der Waals surface area contributed by atoms with Crippen LogP contribution in [0, 0.1) is 12.8 Å². The van der Waals surface area contributed by atoms with Crippen LogP contribution in [-0.4, -0.2) is 19.0 Å². The number of nitrogens with one attached hydrogen (secondary N) is 2. The van der Waals surface area contributed by atoms with E-state index in [1.54, 1.807) is 0 Å². The molecule has 0 bridgehead atoms. The quantitative estimate of drug-likeness (QED) is 0.844. The Morgan fingerprint density at radius 3 is 2.65 bits per heavy atom. The van der Waals surface area contributed by atoms with Crippen LogP contribution in [0.1, 0.15) is 43.7 Å². The number of aryl methyl sites for hydroxylation is 1. The Bertz CT molecular complexity index is 456. The zero-order valence-corrected chi connectivity index (χ0v) is 13.3. The van der Waals surface area contributed by atoms with Crippen molar-refractivity contribution in [2.75, 3.05) is 18.4 Å². The Balaban J connectivity index is 0.00000200. The van der Waals surface area contributed by atoms with Gasteiger partial charge in [-0.25, -0.2) is 0 Å². The molecule has 1 aromatic carbocycles. The van der Waals surface area contributed by atoms with Crippen LogP contribution in [0.25, 0.3) is 0 Å². The van der Waals surface area contributed by atoms with Crippen molar-refractivity contribution in [2.45, 2.75) is 39.5 Å². The largest absolute Gasteiger partial charge is 0.324 e. The van der Waals surface area contributed by atoms with E-state index in [-0.39, 0.29) is 18.3 Å². The highest BCUT2D eigenvalue weighted by Gasteiger charge is 2.20. The minimum atomic E-state index is 0. The minimum absolute atomic E-state index is 0. The molecule has 0 aliphatic heterocycles. The second-order valence-electron chi connectivity index (χ2n) is 5.82. The molecule has 20 heavy (non-hydrogen) atoms. The molecule has 112 valence electrons. The average Bonchev–Trinajstić information content (AvgIpc) is 3.15. The SMILES string of the molecule is Cc1cccc(C(C)C)c1NC(=O)CNCC1CC1.Cl. The molecule has 0 aromatic heterocycles. The summed E-state index contributed by atoms with van der Waals surface area (Å²) < 4.78 is 0. The van der Waals surface area contributed by atoms with E-state index in [9.17, 15) is 4.79 Å². The van der Waals surface area contributed by atoms with E-state index >= 15 is 0 Å². The molecule has 1 fully saturated rings. The summed E-state index contributed by atoms with van der Waals surface area (Å²) in [6, 6.07) is 6.18. The molecule has 2 rings (SSSR count). The lowest BCUT2D eigenvalue weighted by molar-refractivity contribution is -0.115. The maximum absolute atomic E-state index is 12.0. The van der Waals surface area contributed by atoms with Crippen LogP contribution in [0.2, 0.25) is 0 Å². The van der Waals surface area contributed by atoms with Gasteiger partial charge in [0.15, 0.2) is 0 Å². The molecule has 0 atom stereocenters. The Labute approximate surface area is 127 Å². The number of carbonyl (C=O) groups excluding carboxylic acids is 1. The maximum Gasteiger partial charge on any atom is 0.238 e. The van der Waals surface area contributed by atoms with Crippen LogP contribution in [-0.2, 0) is 4.79 Å². The normalized spacial score (nSPS) is 14.0. The third-order valence-electron chi connectivity index (χ3n) is 3.61. The highest BCUT2D eigenvalue weighted by molar-refractivity contribution is 5.93. The number of para-hydroxylation sites is 1. The van der Waals surface area contributed by atoms with Crippen molar-refractivity contribution in [2.24, 2.45) is 5.92 Å². The molecule has 0 radical (unpaired) electrons. The summed E-state index contributed by atoms with van der Waals surface area (Å²) in [6.07, 6.45) is 2.62. The number of hydrogen-bond acceptors (Lipinski definition) is 2. The van der Waals surface area contributed by atoms with Crippen molar-refractivity contribution in [1.82, 2.24) is 5.32 Å². The number of amides is 1. The summed E-state index contributed by atoms with van der Waals surface area (Å²) in [7, 11) is 0. The predicted molar refractivity (Wildman–Crippen MR) is 86.7 cm³/mol. The highest BCUT2D eigenvalue weighted by atomic mass is 35.5. The Kier molecular flexibility index (Phi) is 6.50. The Morgan fingerprint density at radius 1 is 1.35 bits per heavy atom. The molecule has 1 saturated carbocycles. The number of hydrogen-bond donors (Lipinski definition) is 2. The van der Waals surface area contributed by atoms with E-state index < -0.39 is 0 Å². The molecular formula is C16H25ClN2O. The zero-order chi connectivity index (χ0) is 13.8. The predicted octanol–water partition coefficient (Wildman–Crippen LogP) is 3.48. The minimum Gasteiger partial charge on any atom is -0.324 e. The molecule has 2 N–H and O–H groups in total. The summed E-state index contributed by atoms with van der Waals surface area (Å²) in [5, 5.41) is 6.28. The molecule has 0 heterocycles. The van der Waals surface area contributed by atoms with Gasteiger partial charge in [-0.2, -0.15) is 0 Å². The van der Waals surface area contributed by atoms with Gasteiger partial charge in [0, 0.05) is 5.69 Å². The molecular weight excluding hydrogens is 272 g/mol. The molecule has 0 spiro atoms. The molecule has 1 aliphatic carbocycles. The Morgan fingerprint density at radius 2 is 2.05 bits per heavy atom. The number of halogens is 1. The molecule has 1 aliphatic rings. The van der Waals surface area contributed by atoms with Gasteiger partial charge in [0.2, 0.25) is 5.91 Å². The molecule has 0 unspecified atom stereocenters. The van der Waals surface area contributed by atoms with Crippen molar-refractivity contribution >= 4 is 24.0 Å².